The number of nitrogens with two attached hydrogens (primary N) is 1. The quantitative estimate of drug-likeness (QED) is 0.794. The molecule has 2 aromatic rings. The van der Waals surface area contributed by atoms with Crippen molar-refractivity contribution in [2.24, 2.45) is 5.73 Å². The van der Waals surface area contributed by atoms with E-state index >= 15 is 0 Å². The van der Waals surface area contributed by atoms with Gasteiger partial charge in [0.25, 0.3) is 5.91 Å². The van der Waals surface area contributed by atoms with Crippen LogP contribution in [0.15, 0.2) is 48.5 Å². The number of benzene rings is 2. The third-order valence-corrected chi connectivity index (χ3v) is 4.50. The van der Waals surface area contributed by atoms with E-state index in [9.17, 15) is 9.59 Å². The number of carbonyl (C=O) groups excluding carboxylic acids is 2. The second kappa shape index (κ2) is 7.94. The van der Waals surface area contributed by atoms with Crippen LogP contribution in [0.5, 0.6) is 0 Å². The number of fused-ring (bicyclic) bond motifs is 1. The van der Waals surface area contributed by atoms with Crippen LogP contribution >= 0.6 is 0 Å². The molecular formula is C20H23N3O2. The summed E-state index contributed by atoms with van der Waals surface area (Å²) in [6.07, 6.45) is 1.08. The van der Waals surface area contributed by atoms with E-state index in [0.717, 1.165) is 5.56 Å². The number of nitrogens with one attached hydrogen (secondary N) is 1. The summed E-state index contributed by atoms with van der Waals surface area (Å²) in [5.74, 6) is 0.0161. The first-order valence-electron chi connectivity index (χ1n) is 8.59. The molecule has 0 saturated carbocycles. The fourth-order valence-corrected chi connectivity index (χ4v) is 3.00. The van der Waals surface area contributed by atoms with Crippen molar-refractivity contribution in [2.75, 3.05) is 6.54 Å². The highest BCUT2D eigenvalue weighted by Crippen LogP contribution is 2.22. The minimum Gasteiger partial charge on any atom is -0.352 e. The summed E-state index contributed by atoms with van der Waals surface area (Å²) in [7, 11) is 0. The number of rotatable bonds is 6. The molecule has 0 atom stereocenters. The van der Waals surface area contributed by atoms with E-state index in [4.69, 9.17) is 5.73 Å². The van der Waals surface area contributed by atoms with Crippen molar-refractivity contribution in [2.45, 2.75) is 32.5 Å². The molecule has 0 bridgehead atoms. The first-order valence-corrected chi connectivity index (χ1v) is 8.59. The maximum atomic E-state index is 12.3. The molecule has 0 saturated heterocycles. The molecule has 0 aliphatic carbocycles. The Morgan fingerprint density at radius 3 is 2.24 bits per heavy atom. The number of nitrogens with zero attached hydrogens (tertiary/aromatic N) is 1. The molecule has 0 radical (unpaired) electrons. The Morgan fingerprint density at radius 2 is 1.64 bits per heavy atom. The average molecular weight is 337 g/mol. The van der Waals surface area contributed by atoms with Crippen LogP contribution in [-0.2, 0) is 24.4 Å². The normalized spacial score (nSPS) is 12.8. The standard InChI is InChI=1S/C20H23N3O2/c21-12-15-7-9-16(10-8-15)20(25)22-11-3-6-19(24)23-13-17-4-1-2-5-18(17)14-23/h1-2,4-5,7-10H,3,6,11-14,21H2,(H,22,25). The Balaban J connectivity index is 1.39. The summed E-state index contributed by atoms with van der Waals surface area (Å²) >= 11 is 0. The van der Waals surface area contributed by atoms with Crippen LogP contribution in [0.3, 0.4) is 0 Å². The zero-order valence-corrected chi connectivity index (χ0v) is 14.2. The monoisotopic (exact) mass is 337 g/mol. The Labute approximate surface area is 147 Å². The van der Waals surface area contributed by atoms with E-state index < -0.39 is 0 Å². The number of carbonyl (C=O) groups is 2. The largest absolute Gasteiger partial charge is 0.352 e. The molecule has 2 aromatic carbocycles. The molecular weight excluding hydrogens is 314 g/mol. The molecule has 0 aromatic heterocycles. The summed E-state index contributed by atoms with van der Waals surface area (Å²) in [6.45, 7) is 2.33. The van der Waals surface area contributed by atoms with Gasteiger partial charge in [0.1, 0.15) is 0 Å². The molecule has 5 nitrogen and oxygen atoms in total. The van der Waals surface area contributed by atoms with E-state index in [1.165, 1.54) is 11.1 Å². The van der Waals surface area contributed by atoms with Crippen LogP contribution in [0.4, 0.5) is 0 Å². The predicted octanol–water partition coefficient (Wildman–Crippen LogP) is 2.20. The van der Waals surface area contributed by atoms with Crippen molar-refractivity contribution >= 4 is 11.8 Å². The Morgan fingerprint density at radius 1 is 1.00 bits per heavy atom. The van der Waals surface area contributed by atoms with Crippen molar-refractivity contribution in [3.8, 4) is 0 Å². The first kappa shape index (κ1) is 17.2. The van der Waals surface area contributed by atoms with Gasteiger partial charge in [-0.25, -0.2) is 0 Å². The maximum Gasteiger partial charge on any atom is 0.251 e. The molecule has 2 amide bonds. The van der Waals surface area contributed by atoms with E-state index in [1.807, 2.05) is 29.2 Å². The lowest BCUT2D eigenvalue weighted by Gasteiger charge is -2.15. The number of hydrogen-bond donors (Lipinski definition) is 2. The minimum absolute atomic E-state index is 0.121. The van der Waals surface area contributed by atoms with Crippen LogP contribution in [0.2, 0.25) is 0 Å². The smallest absolute Gasteiger partial charge is 0.251 e. The molecule has 0 unspecified atom stereocenters. The molecule has 3 rings (SSSR count). The van der Waals surface area contributed by atoms with E-state index in [-0.39, 0.29) is 11.8 Å². The molecule has 0 fully saturated rings. The molecule has 25 heavy (non-hydrogen) atoms. The minimum atomic E-state index is -0.121. The molecule has 130 valence electrons. The van der Waals surface area contributed by atoms with Gasteiger partial charge in [0, 0.05) is 38.2 Å². The SMILES string of the molecule is NCc1ccc(C(=O)NCCCC(=O)N2Cc3ccccc3C2)cc1. The molecule has 1 aliphatic heterocycles. The molecule has 1 aliphatic rings. The highest BCUT2D eigenvalue weighted by Gasteiger charge is 2.22. The Kier molecular flexibility index (Phi) is 5.46. The summed E-state index contributed by atoms with van der Waals surface area (Å²) in [4.78, 5) is 26.2. The van der Waals surface area contributed by atoms with Gasteiger partial charge < -0.3 is 16.0 Å². The summed E-state index contributed by atoms with van der Waals surface area (Å²) in [5.41, 5.74) is 9.60. The Bertz CT molecular complexity index is 731. The molecule has 5 heteroatoms. The van der Waals surface area contributed by atoms with Gasteiger partial charge in [-0.2, -0.15) is 0 Å². The van der Waals surface area contributed by atoms with Gasteiger partial charge in [-0.3, -0.25) is 9.59 Å². The van der Waals surface area contributed by atoms with Crippen LogP contribution in [0.1, 0.15) is 39.9 Å². The second-order valence-electron chi connectivity index (χ2n) is 6.28. The maximum absolute atomic E-state index is 12.3. The van der Waals surface area contributed by atoms with E-state index in [2.05, 4.69) is 17.4 Å². The highest BCUT2D eigenvalue weighted by molar-refractivity contribution is 5.94. The van der Waals surface area contributed by atoms with Gasteiger partial charge in [0.15, 0.2) is 0 Å². The third-order valence-electron chi connectivity index (χ3n) is 4.50. The predicted molar refractivity (Wildman–Crippen MR) is 96.6 cm³/mol. The van der Waals surface area contributed by atoms with Gasteiger partial charge >= 0.3 is 0 Å². The Hall–Kier alpha value is -2.66. The van der Waals surface area contributed by atoms with Crippen molar-refractivity contribution in [1.82, 2.24) is 10.2 Å². The third kappa shape index (κ3) is 4.25. The zero-order valence-electron chi connectivity index (χ0n) is 14.2. The molecule has 0 spiro atoms. The number of amides is 2. The van der Waals surface area contributed by atoms with Gasteiger partial charge in [0.05, 0.1) is 0 Å². The van der Waals surface area contributed by atoms with Crippen molar-refractivity contribution in [3.63, 3.8) is 0 Å². The lowest BCUT2D eigenvalue weighted by molar-refractivity contribution is -0.131. The lowest BCUT2D eigenvalue weighted by atomic mass is 10.1. The second-order valence-corrected chi connectivity index (χ2v) is 6.28. The molecule has 1 heterocycles. The number of hydrogen-bond acceptors (Lipinski definition) is 3. The van der Waals surface area contributed by atoms with Crippen LogP contribution in [-0.4, -0.2) is 23.3 Å². The van der Waals surface area contributed by atoms with Crippen molar-refractivity contribution < 1.29 is 9.59 Å². The van der Waals surface area contributed by atoms with Crippen LogP contribution < -0.4 is 11.1 Å². The highest BCUT2D eigenvalue weighted by atomic mass is 16.2. The van der Waals surface area contributed by atoms with Gasteiger partial charge in [-0.15, -0.1) is 0 Å². The fraction of sp³-hybridized carbons (Fsp3) is 0.300. The van der Waals surface area contributed by atoms with Crippen LogP contribution in [0.25, 0.3) is 0 Å². The van der Waals surface area contributed by atoms with Gasteiger partial charge in [-0.05, 0) is 35.2 Å². The summed E-state index contributed by atoms with van der Waals surface area (Å²) in [6, 6.07) is 15.4. The van der Waals surface area contributed by atoms with Crippen LogP contribution in [0, 0.1) is 0 Å². The van der Waals surface area contributed by atoms with Gasteiger partial charge in [-0.1, -0.05) is 36.4 Å². The first-order chi connectivity index (χ1) is 12.2. The molecule has 3 N–H and O–H groups in total. The topological polar surface area (TPSA) is 75.4 Å². The fourth-order valence-electron chi connectivity index (χ4n) is 3.00. The van der Waals surface area contributed by atoms with Crippen molar-refractivity contribution in [3.05, 3.63) is 70.8 Å². The van der Waals surface area contributed by atoms with E-state index in [0.29, 0.717) is 44.6 Å². The summed E-state index contributed by atoms with van der Waals surface area (Å²) in [5, 5.41) is 2.86. The van der Waals surface area contributed by atoms with E-state index in [1.54, 1.807) is 12.1 Å². The van der Waals surface area contributed by atoms with Gasteiger partial charge in [0.2, 0.25) is 5.91 Å². The zero-order chi connectivity index (χ0) is 17.6. The summed E-state index contributed by atoms with van der Waals surface area (Å²) < 4.78 is 0. The lowest BCUT2D eigenvalue weighted by Crippen LogP contribution is -2.28. The average Bonchev–Trinajstić information content (AvgIpc) is 3.09. The van der Waals surface area contributed by atoms with Crippen molar-refractivity contribution in [1.29, 1.82) is 0 Å².